The van der Waals surface area contributed by atoms with Crippen LogP contribution in [-0.2, 0) is 4.79 Å². The molecule has 0 aliphatic carbocycles. The van der Waals surface area contributed by atoms with E-state index < -0.39 is 0 Å². The maximum absolute atomic E-state index is 11.9. The smallest absolute Gasteiger partial charge is 0.226 e. The monoisotopic (exact) mass is 246 g/mol. The first kappa shape index (κ1) is 12.9. The second-order valence-corrected chi connectivity index (χ2v) is 5.48. The molecule has 3 heteroatoms. The Morgan fingerprint density at radius 1 is 1.22 bits per heavy atom. The van der Waals surface area contributed by atoms with E-state index in [0.29, 0.717) is 18.4 Å². The highest BCUT2D eigenvalue weighted by atomic mass is 16.1. The number of benzene rings is 1. The Morgan fingerprint density at radius 2 is 1.94 bits per heavy atom. The molecule has 98 valence electrons. The van der Waals surface area contributed by atoms with Gasteiger partial charge in [0.15, 0.2) is 0 Å². The van der Waals surface area contributed by atoms with Gasteiger partial charge in [-0.1, -0.05) is 26.0 Å². The van der Waals surface area contributed by atoms with Gasteiger partial charge in [-0.3, -0.25) is 4.79 Å². The zero-order valence-corrected chi connectivity index (χ0v) is 11.7. The molecule has 3 nitrogen and oxygen atoms in total. The molecule has 0 fully saturated rings. The number of amides is 1. The molecule has 0 saturated carbocycles. The third-order valence-electron chi connectivity index (χ3n) is 3.47. The molecule has 0 saturated heterocycles. The SMILES string of the molecule is CC(C)c1cccc2c1NC(=O)CCN2C(C)C. The van der Waals surface area contributed by atoms with Crippen molar-refractivity contribution in [3.05, 3.63) is 23.8 Å². The van der Waals surface area contributed by atoms with E-state index in [2.05, 4.69) is 56.1 Å². The van der Waals surface area contributed by atoms with Gasteiger partial charge in [0.2, 0.25) is 5.91 Å². The fourth-order valence-corrected chi connectivity index (χ4v) is 2.49. The van der Waals surface area contributed by atoms with Gasteiger partial charge in [0.1, 0.15) is 0 Å². The molecule has 1 N–H and O–H groups in total. The number of fused-ring (bicyclic) bond motifs is 1. The zero-order valence-electron chi connectivity index (χ0n) is 11.7. The first-order chi connectivity index (χ1) is 8.50. The lowest BCUT2D eigenvalue weighted by molar-refractivity contribution is -0.115. The van der Waals surface area contributed by atoms with Crippen molar-refractivity contribution in [3.63, 3.8) is 0 Å². The Kier molecular flexibility index (Phi) is 3.60. The third-order valence-corrected chi connectivity index (χ3v) is 3.47. The first-order valence-electron chi connectivity index (χ1n) is 6.70. The number of rotatable bonds is 2. The van der Waals surface area contributed by atoms with Gasteiger partial charge >= 0.3 is 0 Å². The largest absolute Gasteiger partial charge is 0.367 e. The van der Waals surface area contributed by atoms with E-state index in [9.17, 15) is 4.79 Å². The van der Waals surface area contributed by atoms with E-state index in [1.807, 2.05) is 0 Å². The quantitative estimate of drug-likeness (QED) is 0.867. The molecule has 1 aliphatic rings. The predicted molar refractivity (Wildman–Crippen MR) is 76.3 cm³/mol. The molecule has 18 heavy (non-hydrogen) atoms. The van der Waals surface area contributed by atoms with Gasteiger partial charge in [0.25, 0.3) is 0 Å². The summed E-state index contributed by atoms with van der Waals surface area (Å²) < 4.78 is 0. The third kappa shape index (κ3) is 2.35. The summed E-state index contributed by atoms with van der Waals surface area (Å²) in [6.07, 6.45) is 0.560. The summed E-state index contributed by atoms with van der Waals surface area (Å²) in [6, 6.07) is 6.69. The first-order valence-corrected chi connectivity index (χ1v) is 6.70. The number of carbonyl (C=O) groups is 1. The van der Waals surface area contributed by atoms with Crippen LogP contribution in [0.25, 0.3) is 0 Å². The van der Waals surface area contributed by atoms with Crippen molar-refractivity contribution in [2.24, 2.45) is 0 Å². The van der Waals surface area contributed by atoms with Crippen molar-refractivity contribution in [1.29, 1.82) is 0 Å². The number of hydrogen-bond acceptors (Lipinski definition) is 2. The van der Waals surface area contributed by atoms with Crippen LogP contribution in [0.1, 0.15) is 45.6 Å². The van der Waals surface area contributed by atoms with Gasteiger partial charge in [-0.05, 0) is 31.4 Å². The molecule has 0 atom stereocenters. The Balaban J connectivity index is 2.55. The fraction of sp³-hybridized carbons (Fsp3) is 0.533. The van der Waals surface area contributed by atoms with E-state index in [1.54, 1.807) is 0 Å². The lowest BCUT2D eigenvalue weighted by atomic mass is 9.99. The highest BCUT2D eigenvalue weighted by molar-refractivity contribution is 5.97. The van der Waals surface area contributed by atoms with E-state index in [0.717, 1.165) is 17.9 Å². The molecular formula is C15H22N2O. The van der Waals surface area contributed by atoms with Crippen molar-refractivity contribution >= 4 is 17.3 Å². The predicted octanol–water partition coefficient (Wildman–Crippen LogP) is 3.37. The lowest BCUT2D eigenvalue weighted by Gasteiger charge is -2.29. The summed E-state index contributed by atoms with van der Waals surface area (Å²) in [5.74, 6) is 0.528. The normalized spacial score (nSPS) is 15.7. The van der Waals surface area contributed by atoms with Crippen LogP contribution in [-0.4, -0.2) is 18.5 Å². The van der Waals surface area contributed by atoms with Gasteiger partial charge in [-0.2, -0.15) is 0 Å². The standard InChI is InChI=1S/C15H22N2O/c1-10(2)12-6-5-7-13-15(12)16-14(18)8-9-17(13)11(3)4/h5-7,10-11H,8-9H2,1-4H3,(H,16,18). The molecule has 1 aliphatic heterocycles. The van der Waals surface area contributed by atoms with Crippen LogP contribution in [0.2, 0.25) is 0 Å². The molecule has 0 unspecified atom stereocenters. The van der Waals surface area contributed by atoms with Crippen molar-refractivity contribution in [2.75, 3.05) is 16.8 Å². The maximum atomic E-state index is 11.9. The molecule has 0 spiro atoms. The van der Waals surface area contributed by atoms with Crippen LogP contribution >= 0.6 is 0 Å². The Labute approximate surface area is 109 Å². The number of anilines is 2. The molecule has 1 amide bonds. The molecule has 0 radical (unpaired) electrons. The van der Waals surface area contributed by atoms with Crippen molar-refractivity contribution in [1.82, 2.24) is 0 Å². The Bertz CT molecular complexity index is 452. The molecule has 0 aromatic heterocycles. The van der Waals surface area contributed by atoms with Crippen LogP contribution in [0.3, 0.4) is 0 Å². The summed E-state index contributed by atoms with van der Waals surface area (Å²) in [6.45, 7) is 9.44. The van der Waals surface area contributed by atoms with Crippen LogP contribution in [0.4, 0.5) is 11.4 Å². The molecule has 0 bridgehead atoms. The number of nitrogens with one attached hydrogen (secondary N) is 1. The maximum Gasteiger partial charge on any atom is 0.226 e. The summed E-state index contributed by atoms with van der Waals surface area (Å²) >= 11 is 0. The minimum absolute atomic E-state index is 0.118. The zero-order chi connectivity index (χ0) is 13.3. The van der Waals surface area contributed by atoms with Crippen molar-refractivity contribution in [2.45, 2.75) is 46.1 Å². The molecule has 1 aromatic carbocycles. The Morgan fingerprint density at radius 3 is 2.56 bits per heavy atom. The fourth-order valence-electron chi connectivity index (χ4n) is 2.49. The molecule has 1 heterocycles. The Hall–Kier alpha value is -1.51. The second-order valence-electron chi connectivity index (χ2n) is 5.48. The van der Waals surface area contributed by atoms with Gasteiger partial charge < -0.3 is 10.2 Å². The van der Waals surface area contributed by atoms with Crippen LogP contribution in [0.5, 0.6) is 0 Å². The summed E-state index contributed by atoms with van der Waals surface area (Å²) in [4.78, 5) is 14.2. The van der Waals surface area contributed by atoms with E-state index in [-0.39, 0.29) is 5.91 Å². The topological polar surface area (TPSA) is 32.3 Å². The summed E-state index contributed by atoms with van der Waals surface area (Å²) in [7, 11) is 0. The van der Waals surface area contributed by atoms with Gasteiger partial charge in [0.05, 0.1) is 11.4 Å². The number of para-hydroxylation sites is 1. The van der Waals surface area contributed by atoms with E-state index in [1.165, 1.54) is 5.56 Å². The average Bonchev–Trinajstić information content (AvgIpc) is 2.46. The highest BCUT2D eigenvalue weighted by Gasteiger charge is 2.23. The van der Waals surface area contributed by atoms with Crippen LogP contribution in [0, 0.1) is 0 Å². The summed E-state index contributed by atoms with van der Waals surface area (Å²) in [5, 5.41) is 3.08. The number of nitrogens with zero attached hydrogens (tertiary/aromatic N) is 1. The molecular weight excluding hydrogens is 224 g/mol. The van der Waals surface area contributed by atoms with Crippen molar-refractivity contribution < 1.29 is 4.79 Å². The molecule has 2 rings (SSSR count). The minimum atomic E-state index is 0.118. The number of carbonyl (C=O) groups excluding carboxylic acids is 1. The second kappa shape index (κ2) is 5.01. The van der Waals surface area contributed by atoms with E-state index in [4.69, 9.17) is 0 Å². The van der Waals surface area contributed by atoms with E-state index >= 15 is 0 Å². The van der Waals surface area contributed by atoms with Gasteiger partial charge in [0, 0.05) is 19.0 Å². The van der Waals surface area contributed by atoms with Gasteiger partial charge in [-0.15, -0.1) is 0 Å². The number of hydrogen-bond donors (Lipinski definition) is 1. The van der Waals surface area contributed by atoms with Crippen LogP contribution < -0.4 is 10.2 Å². The average molecular weight is 246 g/mol. The van der Waals surface area contributed by atoms with Crippen molar-refractivity contribution in [3.8, 4) is 0 Å². The minimum Gasteiger partial charge on any atom is -0.367 e. The highest BCUT2D eigenvalue weighted by Crippen LogP contribution is 2.36. The van der Waals surface area contributed by atoms with Crippen LogP contribution in [0.15, 0.2) is 18.2 Å². The molecule has 1 aromatic rings. The van der Waals surface area contributed by atoms with Gasteiger partial charge in [-0.25, -0.2) is 0 Å². The summed E-state index contributed by atoms with van der Waals surface area (Å²) in [5.41, 5.74) is 3.37. The lowest BCUT2D eigenvalue weighted by Crippen LogP contribution is -2.31.